The molecule has 1 atom stereocenters. The van der Waals surface area contributed by atoms with Gasteiger partial charge in [-0.25, -0.2) is 13.1 Å². The third kappa shape index (κ3) is 5.13. The number of halogens is 1. The molecule has 0 bridgehead atoms. The van der Waals surface area contributed by atoms with E-state index in [1.165, 1.54) is 0 Å². The average molecular weight is 304 g/mol. The minimum absolute atomic E-state index is 0.364. The Morgan fingerprint density at radius 2 is 2.00 bits per heavy atom. The number of nitrogens with one attached hydrogen (secondary N) is 1. The largest absolute Gasteiger partial charge is 0.240 e. The molecule has 0 aliphatic carbocycles. The molecule has 0 saturated carbocycles. The van der Waals surface area contributed by atoms with Gasteiger partial charge in [-0.05, 0) is 44.2 Å². The van der Waals surface area contributed by atoms with E-state index in [0.717, 1.165) is 24.0 Å². The van der Waals surface area contributed by atoms with Crippen LogP contribution in [0.1, 0.15) is 30.9 Å². The van der Waals surface area contributed by atoms with Gasteiger partial charge < -0.3 is 0 Å². The molecule has 0 fully saturated rings. The summed E-state index contributed by atoms with van der Waals surface area (Å²) in [5, 5.41) is 0. The zero-order chi connectivity index (χ0) is 14.5. The molecule has 0 heterocycles. The zero-order valence-corrected chi connectivity index (χ0v) is 13.3. The zero-order valence-electron chi connectivity index (χ0n) is 11.7. The summed E-state index contributed by atoms with van der Waals surface area (Å²) >= 11 is 5.71. The van der Waals surface area contributed by atoms with E-state index in [1.54, 1.807) is 6.07 Å². The molecule has 0 amide bonds. The Morgan fingerprint density at radius 3 is 2.58 bits per heavy atom. The van der Waals surface area contributed by atoms with Crippen molar-refractivity contribution in [2.75, 3.05) is 12.4 Å². The van der Waals surface area contributed by atoms with E-state index in [0.29, 0.717) is 23.2 Å². The van der Waals surface area contributed by atoms with Crippen molar-refractivity contribution in [3.05, 3.63) is 29.3 Å². The summed E-state index contributed by atoms with van der Waals surface area (Å²) in [5.74, 6) is 1.04. The highest BCUT2D eigenvalue weighted by Crippen LogP contribution is 2.16. The van der Waals surface area contributed by atoms with Crippen molar-refractivity contribution in [3.8, 4) is 0 Å². The molecule has 19 heavy (non-hydrogen) atoms. The Hall–Kier alpha value is -0.580. The van der Waals surface area contributed by atoms with Gasteiger partial charge in [0.1, 0.15) is 0 Å². The Balaban J connectivity index is 2.61. The van der Waals surface area contributed by atoms with Gasteiger partial charge in [-0.15, -0.1) is 11.6 Å². The van der Waals surface area contributed by atoms with Crippen LogP contribution in [-0.4, -0.2) is 20.8 Å². The van der Waals surface area contributed by atoms with E-state index in [-0.39, 0.29) is 0 Å². The van der Waals surface area contributed by atoms with Gasteiger partial charge in [0, 0.05) is 12.4 Å². The molecule has 1 unspecified atom stereocenters. The van der Waals surface area contributed by atoms with Crippen molar-refractivity contribution in [1.29, 1.82) is 0 Å². The lowest BCUT2D eigenvalue weighted by Gasteiger charge is -2.11. The van der Waals surface area contributed by atoms with Crippen LogP contribution in [0.5, 0.6) is 0 Å². The topological polar surface area (TPSA) is 46.2 Å². The lowest BCUT2D eigenvalue weighted by molar-refractivity contribution is 0.543. The lowest BCUT2D eigenvalue weighted by atomic mass is 10.1. The minimum Gasteiger partial charge on any atom is -0.211 e. The summed E-state index contributed by atoms with van der Waals surface area (Å²) < 4.78 is 26.9. The fourth-order valence-corrected chi connectivity index (χ4v) is 3.37. The van der Waals surface area contributed by atoms with E-state index in [1.807, 2.05) is 26.0 Å². The first-order valence-corrected chi connectivity index (χ1v) is 8.51. The Morgan fingerprint density at radius 1 is 1.32 bits per heavy atom. The van der Waals surface area contributed by atoms with Crippen LogP contribution in [0.25, 0.3) is 0 Å². The highest BCUT2D eigenvalue weighted by atomic mass is 35.5. The Bertz CT molecular complexity index is 514. The van der Waals surface area contributed by atoms with Crippen molar-refractivity contribution < 1.29 is 8.42 Å². The van der Waals surface area contributed by atoms with Gasteiger partial charge in [-0.3, -0.25) is 0 Å². The van der Waals surface area contributed by atoms with Gasteiger partial charge in [-0.2, -0.15) is 0 Å². The number of aryl methyl sites for hydroxylation is 2. The first-order chi connectivity index (χ1) is 8.86. The predicted molar refractivity (Wildman–Crippen MR) is 80.2 cm³/mol. The standard InChI is InChI=1S/C14H22ClNO2S/c1-11-6-7-14(13(3)9-11)19(17,18)16-8-4-5-12(2)10-15/h6-7,9,12,16H,4-5,8,10H2,1-3H3. The normalized spacial score (nSPS) is 13.5. The summed E-state index contributed by atoms with van der Waals surface area (Å²) in [5.41, 5.74) is 1.84. The highest BCUT2D eigenvalue weighted by molar-refractivity contribution is 7.89. The van der Waals surface area contributed by atoms with Crippen LogP contribution in [0, 0.1) is 19.8 Å². The smallest absolute Gasteiger partial charge is 0.211 e. The van der Waals surface area contributed by atoms with Crippen molar-refractivity contribution >= 4 is 21.6 Å². The predicted octanol–water partition coefficient (Wildman–Crippen LogP) is 3.24. The number of sulfonamides is 1. The maximum atomic E-state index is 12.1. The van der Waals surface area contributed by atoms with Crippen molar-refractivity contribution in [1.82, 2.24) is 4.72 Å². The second-order valence-corrected chi connectivity index (χ2v) is 7.11. The molecule has 108 valence electrons. The van der Waals surface area contributed by atoms with Gasteiger partial charge in [0.25, 0.3) is 0 Å². The second kappa shape index (κ2) is 7.27. The van der Waals surface area contributed by atoms with Crippen LogP contribution < -0.4 is 4.72 Å². The third-order valence-electron chi connectivity index (χ3n) is 3.05. The van der Waals surface area contributed by atoms with Crippen molar-refractivity contribution in [2.45, 2.75) is 38.5 Å². The molecule has 3 nitrogen and oxygen atoms in total. The second-order valence-electron chi connectivity index (χ2n) is 5.07. The minimum atomic E-state index is -3.40. The molecule has 0 aromatic heterocycles. The van der Waals surface area contributed by atoms with Crippen LogP contribution in [0.3, 0.4) is 0 Å². The van der Waals surface area contributed by atoms with E-state index >= 15 is 0 Å². The first-order valence-electron chi connectivity index (χ1n) is 6.49. The third-order valence-corrected chi connectivity index (χ3v) is 5.20. The fourth-order valence-electron chi connectivity index (χ4n) is 1.91. The number of hydrogen-bond donors (Lipinski definition) is 1. The molecule has 1 aromatic carbocycles. The van der Waals surface area contributed by atoms with E-state index in [2.05, 4.69) is 11.6 Å². The number of alkyl halides is 1. The maximum Gasteiger partial charge on any atom is 0.240 e. The molecule has 0 radical (unpaired) electrons. The highest BCUT2D eigenvalue weighted by Gasteiger charge is 2.15. The van der Waals surface area contributed by atoms with Crippen LogP contribution in [0.2, 0.25) is 0 Å². The molecule has 0 aliphatic rings. The Kier molecular flexibility index (Phi) is 6.30. The molecule has 1 aromatic rings. The summed E-state index contributed by atoms with van der Waals surface area (Å²) in [4.78, 5) is 0.364. The molecule has 1 rings (SSSR count). The van der Waals surface area contributed by atoms with Gasteiger partial charge in [-0.1, -0.05) is 24.6 Å². The molecule has 0 aliphatic heterocycles. The summed E-state index contributed by atoms with van der Waals surface area (Å²) in [7, 11) is -3.40. The van der Waals surface area contributed by atoms with Crippen LogP contribution in [0.4, 0.5) is 0 Å². The van der Waals surface area contributed by atoms with E-state index in [4.69, 9.17) is 11.6 Å². The monoisotopic (exact) mass is 303 g/mol. The lowest BCUT2D eigenvalue weighted by Crippen LogP contribution is -2.25. The fraction of sp³-hybridized carbons (Fsp3) is 0.571. The van der Waals surface area contributed by atoms with E-state index < -0.39 is 10.0 Å². The van der Waals surface area contributed by atoms with Crippen LogP contribution in [0.15, 0.2) is 23.1 Å². The SMILES string of the molecule is Cc1ccc(S(=O)(=O)NCCCC(C)CCl)c(C)c1. The molecule has 0 saturated heterocycles. The molecular formula is C14H22ClNO2S. The van der Waals surface area contributed by atoms with Gasteiger partial charge in [0.2, 0.25) is 10.0 Å². The van der Waals surface area contributed by atoms with Gasteiger partial charge in [0.15, 0.2) is 0 Å². The number of benzene rings is 1. The summed E-state index contributed by atoms with van der Waals surface area (Å²) in [6.45, 7) is 6.28. The van der Waals surface area contributed by atoms with Crippen LogP contribution in [-0.2, 0) is 10.0 Å². The quantitative estimate of drug-likeness (QED) is 0.621. The molecule has 1 N–H and O–H groups in total. The first kappa shape index (κ1) is 16.5. The summed E-state index contributed by atoms with van der Waals surface area (Å²) in [6.07, 6.45) is 1.73. The number of hydrogen-bond acceptors (Lipinski definition) is 2. The molecule has 5 heteroatoms. The maximum absolute atomic E-state index is 12.1. The number of rotatable bonds is 7. The van der Waals surface area contributed by atoms with Crippen molar-refractivity contribution in [3.63, 3.8) is 0 Å². The molecule has 0 spiro atoms. The summed E-state index contributed by atoms with van der Waals surface area (Å²) in [6, 6.07) is 5.36. The van der Waals surface area contributed by atoms with Crippen LogP contribution >= 0.6 is 11.6 Å². The van der Waals surface area contributed by atoms with Crippen molar-refractivity contribution in [2.24, 2.45) is 5.92 Å². The van der Waals surface area contributed by atoms with Gasteiger partial charge >= 0.3 is 0 Å². The molecular weight excluding hydrogens is 282 g/mol. The van der Waals surface area contributed by atoms with E-state index in [9.17, 15) is 8.42 Å². The van der Waals surface area contributed by atoms with Gasteiger partial charge in [0.05, 0.1) is 4.90 Å². The Labute approximate surface area is 121 Å². The average Bonchev–Trinajstić information content (AvgIpc) is 2.33.